The van der Waals surface area contributed by atoms with Gasteiger partial charge in [-0.25, -0.2) is 0 Å². The first-order chi connectivity index (χ1) is 10.4. The van der Waals surface area contributed by atoms with Gasteiger partial charge >= 0.3 is 0 Å². The highest BCUT2D eigenvalue weighted by molar-refractivity contribution is 6.04. The van der Waals surface area contributed by atoms with E-state index in [2.05, 4.69) is 19.2 Å². The van der Waals surface area contributed by atoms with Crippen LogP contribution in [0.15, 0.2) is 24.3 Å². The molecule has 1 aliphatic rings. The largest absolute Gasteiger partial charge is 0.338 e. The third-order valence-corrected chi connectivity index (χ3v) is 3.98. The van der Waals surface area contributed by atoms with Gasteiger partial charge in [-0.2, -0.15) is 0 Å². The molecule has 0 spiro atoms. The average Bonchev–Trinajstić information content (AvgIpc) is 2.46. The molecule has 0 bridgehead atoms. The van der Waals surface area contributed by atoms with Gasteiger partial charge < -0.3 is 16.0 Å². The first-order valence-corrected chi connectivity index (χ1v) is 7.83. The number of amides is 2. The second-order valence-corrected chi connectivity index (χ2v) is 6.48. The van der Waals surface area contributed by atoms with Crippen LogP contribution in [0.2, 0.25) is 0 Å². The van der Waals surface area contributed by atoms with Gasteiger partial charge in [-0.3, -0.25) is 9.59 Å². The molecular formula is C17H25N3O2. The first kappa shape index (κ1) is 16.5. The van der Waals surface area contributed by atoms with Crippen molar-refractivity contribution in [3.8, 4) is 0 Å². The number of hydrogen-bond donors (Lipinski definition) is 2. The predicted molar refractivity (Wildman–Crippen MR) is 87.6 cm³/mol. The summed E-state index contributed by atoms with van der Waals surface area (Å²) >= 11 is 0. The van der Waals surface area contributed by atoms with Crippen molar-refractivity contribution in [3.05, 3.63) is 29.8 Å². The highest BCUT2D eigenvalue weighted by Crippen LogP contribution is 2.25. The van der Waals surface area contributed by atoms with Gasteiger partial charge in [0.15, 0.2) is 0 Å². The molecule has 1 fully saturated rings. The number of rotatable bonds is 3. The minimum absolute atomic E-state index is 0.0287. The zero-order valence-corrected chi connectivity index (χ0v) is 13.5. The summed E-state index contributed by atoms with van der Waals surface area (Å²) in [6.07, 6.45) is 1.15. The number of nitrogens with two attached hydrogens (primary N) is 1. The molecule has 1 saturated heterocycles. The maximum atomic E-state index is 12.8. The molecule has 3 N–H and O–H groups in total. The number of hydrogen-bond acceptors (Lipinski definition) is 3. The van der Waals surface area contributed by atoms with Gasteiger partial charge in [-0.05, 0) is 37.3 Å². The van der Waals surface area contributed by atoms with Crippen molar-refractivity contribution in [1.82, 2.24) is 4.90 Å². The summed E-state index contributed by atoms with van der Waals surface area (Å²) in [7, 11) is 0. The van der Waals surface area contributed by atoms with Crippen LogP contribution in [0.4, 0.5) is 5.69 Å². The third kappa shape index (κ3) is 3.85. The molecule has 1 aliphatic heterocycles. The molecule has 1 aromatic rings. The van der Waals surface area contributed by atoms with Crippen LogP contribution in [0.5, 0.6) is 0 Å². The van der Waals surface area contributed by atoms with E-state index in [4.69, 9.17) is 5.73 Å². The number of anilines is 1. The van der Waals surface area contributed by atoms with Gasteiger partial charge in [0.05, 0.1) is 17.3 Å². The van der Waals surface area contributed by atoms with Crippen LogP contribution in [0.3, 0.4) is 0 Å². The van der Waals surface area contributed by atoms with E-state index in [0.29, 0.717) is 23.1 Å². The number of nitrogens with one attached hydrogen (secondary N) is 1. The molecule has 2 amide bonds. The molecule has 0 aliphatic carbocycles. The van der Waals surface area contributed by atoms with Gasteiger partial charge in [0.1, 0.15) is 0 Å². The van der Waals surface area contributed by atoms with E-state index in [1.54, 1.807) is 25.1 Å². The Balaban J connectivity index is 2.21. The summed E-state index contributed by atoms with van der Waals surface area (Å²) < 4.78 is 0. The topological polar surface area (TPSA) is 75.4 Å². The third-order valence-electron chi connectivity index (χ3n) is 3.98. The van der Waals surface area contributed by atoms with E-state index in [0.717, 1.165) is 19.5 Å². The molecule has 1 aromatic carbocycles. The molecule has 0 radical (unpaired) electrons. The number of nitrogens with zero attached hydrogens (tertiary/aromatic N) is 1. The number of piperidine rings is 1. The summed E-state index contributed by atoms with van der Waals surface area (Å²) in [5, 5.41) is 2.74. The molecule has 1 heterocycles. The van der Waals surface area contributed by atoms with Gasteiger partial charge in [-0.1, -0.05) is 26.0 Å². The van der Waals surface area contributed by atoms with Gasteiger partial charge in [0.2, 0.25) is 5.91 Å². The van der Waals surface area contributed by atoms with Crippen LogP contribution in [0, 0.1) is 11.8 Å². The van der Waals surface area contributed by atoms with Gasteiger partial charge in [-0.15, -0.1) is 0 Å². The van der Waals surface area contributed by atoms with E-state index < -0.39 is 6.04 Å². The fourth-order valence-corrected chi connectivity index (χ4v) is 3.02. The van der Waals surface area contributed by atoms with Gasteiger partial charge in [0, 0.05) is 13.1 Å². The molecule has 2 rings (SSSR count). The Morgan fingerprint density at radius 1 is 1.23 bits per heavy atom. The molecule has 120 valence electrons. The summed E-state index contributed by atoms with van der Waals surface area (Å²) in [5.74, 6) is 0.677. The Labute approximate surface area is 131 Å². The number of carbonyl (C=O) groups is 2. The minimum atomic E-state index is -0.613. The van der Waals surface area contributed by atoms with E-state index in [-0.39, 0.29) is 11.8 Å². The van der Waals surface area contributed by atoms with Crippen molar-refractivity contribution >= 4 is 17.5 Å². The van der Waals surface area contributed by atoms with E-state index >= 15 is 0 Å². The Morgan fingerprint density at radius 3 is 2.41 bits per heavy atom. The minimum Gasteiger partial charge on any atom is -0.338 e. The molecule has 2 unspecified atom stereocenters. The second kappa shape index (κ2) is 6.92. The van der Waals surface area contributed by atoms with E-state index in [1.165, 1.54) is 0 Å². The van der Waals surface area contributed by atoms with Crippen LogP contribution in [-0.2, 0) is 4.79 Å². The van der Waals surface area contributed by atoms with Crippen molar-refractivity contribution in [1.29, 1.82) is 0 Å². The highest BCUT2D eigenvalue weighted by atomic mass is 16.2. The number of carbonyl (C=O) groups excluding carboxylic acids is 2. The second-order valence-electron chi connectivity index (χ2n) is 6.48. The lowest BCUT2D eigenvalue weighted by molar-refractivity contribution is -0.117. The quantitative estimate of drug-likeness (QED) is 0.898. The Morgan fingerprint density at radius 2 is 1.82 bits per heavy atom. The lowest BCUT2D eigenvalue weighted by Gasteiger charge is -2.35. The summed E-state index contributed by atoms with van der Waals surface area (Å²) in [6.45, 7) is 7.48. The smallest absolute Gasteiger partial charge is 0.255 e. The first-order valence-electron chi connectivity index (χ1n) is 7.83. The standard InChI is InChI=1S/C17H25N3O2/c1-11-8-12(2)10-20(9-11)17(22)14-6-4-5-7-15(14)19-16(21)13(3)18/h4-7,11-13H,8-10,18H2,1-3H3,(H,19,21)/t11?,12?,13-/m0/s1. The fourth-order valence-electron chi connectivity index (χ4n) is 3.02. The normalized spacial score (nSPS) is 23.0. The van der Waals surface area contributed by atoms with Crippen molar-refractivity contribution in [3.63, 3.8) is 0 Å². The summed E-state index contributed by atoms with van der Waals surface area (Å²) in [6, 6.07) is 6.49. The van der Waals surface area contributed by atoms with Crippen LogP contribution in [0.25, 0.3) is 0 Å². The molecular weight excluding hydrogens is 278 g/mol. The van der Waals surface area contributed by atoms with Crippen LogP contribution in [-0.4, -0.2) is 35.8 Å². The van der Waals surface area contributed by atoms with Crippen molar-refractivity contribution < 1.29 is 9.59 Å². The number of likely N-dealkylation sites (tertiary alicyclic amines) is 1. The average molecular weight is 303 g/mol. The fraction of sp³-hybridized carbons (Fsp3) is 0.529. The molecule has 5 nitrogen and oxygen atoms in total. The zero-order chi connectivity index (χ0) is 16.3. The number of para-hydroxylation sites is 1. The summed E-state index contributed by atoms with van der Waals surface area (Å²) in [4.78, 5) is 26.5. The Bertz CT molecular complexity index is 547. The molecule has 0 aromatic heterocycles. The Hall–Kier alpha value is -1.88. The summed E-state index contributed by atoms with van der Waals surface area (Å²) in [5.41, 5.74) is 6.64. The lowest BCUT2D eigenvalue weighted by Crippen LogP contribution is -2.43. The maximum absolute atomic E-state index is 12.8. The molecule has 5 heteroatoms. The molecule has 22 heavy (non-hydrogen) atoms. The number of benzene rings is 1. The van der Waals surface area contributed by atoms with Crippen molar-refractivity contribution in [2.75, 3.05) is 18.4 Å². The van der Waals surface area contributed by atoms with Gasteiger partial charge in [0.25, 0.3) is 5.91 Å². The lowest BCUT2D eigenvalue weighted by atomic mass is 9.91. The van der Waals surface area contributed by atoms with Crippen LogP contribution < -0.4 is 11.1 Å². The molecule has 3 atom stereocenters. The zero-order valence-electron chi connectivity index (χ0n) is 13.5. The van der Waals surface area contributed by atoms with Crippen molar-refractivity contribution in [2.45, 2.75) is 33.2 Å². The highest BCUT2D eigenvalue weighted by Gasteiger charge is 2.27. The molecule has 0 saturated carbocycles. The van der Waals surface area contributed by atoms with Crippen LogP contribution in [0.1, 0.15) is 37.6 Å². The van der Waals surface area contributed by atoms with Crippen molar-refractivity contribution in [2.24, 2.45) is 17.6 Å². The maximum Gasteiger partial charge on any atom is 0.255 e. The SMILES string of the molecule is CC1CC(C)CN(C(=O)c2ccccc2NC(=O)[C@H](C)N)C1. The predicted octanol–water partition coefficient (Wildman–Crippen LogP) is 2.09. The van der Waals surface area contributed by atoms with Crippen LogP contribution >= 0.6 is 0 Å². The van der Waals surface area contributed by atoms with E-state index in [1.807, 2.05) is 11.0 Å². The van der Waals surface area contributed by atoms with E-state index in [9.17, 15) is 9.59 Å². The Kier molecular flexibility index (Phi) is 5.19. The monoisotopic (exact) mass is 303 g/mol.